The molecule has 0 bridgehead atoms. The SMILES string of the molecule is COc1ccc(S)c(C)c1. The highest BCUT2D eigenvalue weighted by atomic mass is 32.1. The Hall–Kier alpha value is -0.630. The topological polar surface area (TPSA) is 9.23 Å². The Balaban J connectivity index is 3.04. The molecule has 0 unspecified atom stereocenters. The molecule has 0 spiro atoms. The fourth-order valence-electron chi connectivity index (χ4n) is 0.755. The summed E-state index contributed by atoms with van der Waals surface area (Å²) in [6.07, 6.45) is 0. The van der Waals surface area contributed by atoms with Crippen LogP contribution in [0.15, 0.2) is 23.1 Å². The first-order valence-electron chi connectivity index (χ1n) is 3.07. The van der Waals surface area contributed by atoms with Crippen molar-refractivity contribution in [2.24, 2.45) is 0 Å². The summed E-state index contributed by atoms with van der Waals surface area (Å²) in [5.74, 6) is 0.885. The Labute approximate surface area is 66.4 Å². The quantitative estimate of drug-likeness (QED) is 0.611. The zero-order valence-corrected chi connectivity index (χ0v) is 6.98. The lowest BCUT2D eigenvalue weighted by Crippen LogP contribution is -1.83. The van der Waals surface area contributed by atoms with Crippen molar-refractivity contribution in [2.45, 2.75) is 11.8 Å². The average molecular weight is 154 g/mol. The largest absolute Gasteiger partial charge is 0.497 e. The van der Waals surface area contributed by atoms with Gasteiger partial charge in [-0.3, -0.25) is 0 Å². The first-order chi connectivity index (χ1) is 4.74. The second-order valence-electron chi connectivity index (χ2n) is 2.15. The van der Waals surface area contributed by atoms with Crippen LogP contribution in [0, 0.1) is 6.92 Å². The van der Waals surface area contributed by atoms with Gasteiger partial charge in [-0.1, -0.05) is 0 Å². The molecule has 0 N–H and O–H groups in total. The number of rotatable bonds is 1. The van der Waals surface area contributed by atoms with Crippen molar-refractivity contribution in [3.63, 3.8) is 0 Å². The Morgan fingerprint density at radius 3 is 2.60 bits per heavy atom. The van der Waals surface area contributed by atoms with E-state index in [4.69, 9.17) is 4.74 Å². The van der Waals surface area contributed by atoms with E-state index >= 15 is 0 Å². The second kappa shape index (κ2) is 2.97. The monoisotopic (exact) mass is 154 g/mol. The molecule has 0 fully saturated rings. The first-order valence-corrected chi connectivity index (χ1v) is 3.52. The standard InChI is InChI=1S/C8H10OS/c1-6-5-7(9-2)3-4-8(6)10/h3-5,10H,1-2H3. The molecule has 1 aromatic rings. The van der Waals surface area contributed by atoms with E-state index in [1.54, 1.807) is 7.11 Å². The van der Waals surface area contributed by atoms with Gasteiger partial charge in [-0.2, -0.15) is 0 Å². The van der Waals surface area contributed by atoms with E-state index in [0.29, 0.717) is 0 Å². The Bertz CT molecular complexity index is 233. The summed E-state index contributed by atoms with van der Waals surface area (Å²) >= 11 is 4.23. The van der Waals surface area contributed by atoms with Crippen molar-refractivity contribution in [3.05, 3.63) is 23.8 Å². The molecular formula is C8H10OS. The van der Waals surface area contributed by atoms with Gasteiger partial charge in [-0.05, 0) is 30.7 Å². The van der Waals surface area contributed by atoms with Gasteiger partial charge in [-0.25, -0.2) is 0 Å². The van der Waals surface area contributed by atoms with Crippen LogP contribution in [0.5, 0.6) is 5.75 Å². The molecule has 0 aliphatic rings. The van der Waals surface area contributed by atoms with Gasteiger partial charge in [0.15, 0.2) is 0 Å². The third-order valence-corrected chi connectivity index (χ3v) is 1.91. The van der Waals surface area contributed by atoms with E-state index in [1.807, 2.05) is 25.1 Å². The fourth-order valence-corrected chi connectivity index (χ4v) is 0.894. The van der Waals surface area contributed by atoms with Crippen molar-refractivity contribution < 1.29 is 4.74 Å². The normalized spacial score (nSPS) is 9.50. The highest BCUT2D eigenvalue weighted by molar-refractivity contribution is 7.80. The number of benzene rings is 1. The molecule has 0 aliphatic carbocycles. The number of aryl methyl sites for hydroxylation is 1. The third-order valence-electron chi connectivity index (χ3n) is 1.40. The van der Waals surface area contributed by atoms with Crippen LogP contribution in [0.25, 0.3) is 0 Å². The summed E-state index contributed by atoms with van der Waals surface area (Å²) < 4.78 is 5.02. The summed E-state index contributed by atoms with van der Waals surface area (Å²) in [5.41, 5.74) is 1.14. The molecule has 0 heterocycles. The van der Waals surface area contributed by atoms with Gasteiger partial charge in [0.2, 0.25) is 0 Å². The second-order valence-corrected chi connectivity index (χ2v) is 2.63. The summed E-state index contributed by atoms with van der Waals surface area (Å²) in [6, 6.07) is 5.79. The smallest absolute Gasteiger partial charge is 0.119 e. The Morgan fingerprint density at radius 1 is 1.40 bits per heavy atom. The van der Waals surface area contributed by atoms with E-state index in [-0.39, 0.29) is 0 Å². The minimum Gasteiger partial charge on any atom is -0.497 e. The molecule has 0 saturated carbocycles. The van der Waals surface area contributed by atoms with Gasteiger partial charge >= 0.3 is 0 Å². The van der Waals surface area contributed by atoms with Crippen molar-refractivity contribution >= 4 is 12.6 Å². The van der Waals surface area contributed by atoms with Gasteiger partial charge < -0.3 is 4.74 Å². The molecule has 0 amide bonds. The van der Waals surface area contributed by atoms with Crippen LogP contribution in [-0.2, 0) is 0 Å². The van der Waals surface area contributed by atoms with E-state index in [2.05, 4.69) is 12.6 Å². The lowest BCUT2D eigenvalue weighted by atomic mass is 10.2. The highest BCUT2D eigenvalue weighted by Gasteiger charge is 1.93. The average Bonchev–Trinajstić information content (AvgIpc) is 1.95. The van der Waals surface area contributed by atoms with Crippen LogP contribution in [0.4, 0.5) is 0 Å². The summed E-state index contributed by atoms with van der Waals surface area (Å²) in [4.78, 5) is 1.00. The summed E-state index contributed by atoms with van der Waals surface area (Å²) in [6.45, 7) is 2.00. The number of ether oxygens (including phenoxy) is 1. The molecule has 0 radical (unpaired) electrons. The molecular weight excluding hydrogens is 144 g/mol. The highest BCUT2D eigenvalue weighted by Crippen LogP contribution is 2.18. The molecule has 10 heavy (non-hydrogen) atoms. The first kappa shape index (κ1) is 7.48. The zero-order chi connectivity index (χ0) is 7.56. The number of methoxy groups -OCH3 is 1. The Kier molecular flexibility index (Phi) is 2.22. The molecule has 2 heteroatoms. The van der Waals surface area contributed by atoms with Crippen molar-refractivity contribution in [3.8, 4) is 5.75 Å². The van der Waals surface area contributed by atoms with Gasteiger partial charge in [-0.15, -0.1) is 12.6 Å². The molecule has 0 atom stereocenters. The molecule has 0 aliphatic heterocycles. The lowest BCUT2D eigenvalue weighted by molar-refractivity contribution is 0.414. The number of hydrogen-bond acceptors (Lipinski definition) is 2. The maximum absolute atomic E-state index is 5.02. The molecule has 1 nitrogen and oxygen atoms in total. The minimum absolute atomic E-state index is 0.885. The van der Waals surface area contributed by atoms with Gasteiger partial charge in [0, 0.05) is 4.90 Å². The fraction of sp³-hybridized carbons (Fsp3) is 0.250. The molecule has 0 saturated heterocycles. The van der Waals surface area contributed by atoms with E-state index in [9.17, 15) is 0 Å². The molecule has 1 rings (SSSR count). The van der Waals surface area contributed by atoms with Crippen LogP contribution in [0.2, 0.25) is 0 Å². The van der Waals surface area contributed by atoms with Crippen molar-refractivity contribution in [1.29, 1.82) is 0 Å². The third kappa shape index (κ3) is 1.45. The lowest BCUT2D eigenvalue weighted by Gasteiger charge is -2.01. The number of hydrogen-bond donors (Lipinski definition) is 1. The predicted octanol–water partition coefficient (Wildman–Crippen LogP) is 2.29. The van der Waals surface area contributed by atoms with Crippen LogP contribution in [0.1, 0.15) is 5.56 Å². The van der Waals surface area contributed by atoms with Crippen molar-refractivity contribution in [2.75, 3.05) is 7.11 Å². The van der Waals surface area contributed by atoms with E-state index in [0.717, 1.165) is 16.2 Å². The van der Waals surface area contributed by atoms with E-state index in [1.165, 1.54) is 0 Å². The number of thiol groups is 1. The van der Waals surface area contributed by atoms with Crippen LogP contribution >= 0.6 is 12.6 Å². The molecule has 0 aromatic heterocycles. The van der Waals surface area contributed by atoms with Crippen LogP contribution < -0.4 is 4.74 Å². The maximum atomic E-state index is 5.02. The Morgan fingerprint density at radius 2 is 2.10 bits per heavy atom. The van der Waals surface area contributed by atoms with Crippen LogP contribution in [0.3, 0.4) is 0 Å². The zero-order valence-electron chi connectivity index (χ0n) is 6.09. The van der Waals surface area contributed by atoms with Gasteiger partial charge in [0.05, 0.1) is 7.11 Å². The van der Waals surface area contributed by atoms with Gasteiger partial charge in [0.25, 0.3) is 0 Å². The summed E-state index contributed by atoms with van der Waals surface area (Å²) in [5, 5.41) is 0. The predicted molar refractivity (Wildman–Crippen MR) is 45.0 cm³/mol. The van der Waals surface area contributed by atoms with Gasteiger partial charge in [0.1, 0.15) is 5.75 Å². The van der Waals surface area contributed by atoms with Crippen molar-refractivity contribution in [1.82, 2.24) is 0 Å². The molecule has 54 valence electrons. The van der Waals surface area contributed by atoms with Crippen LogP contribution in [-0.4, -0.2) is 7.11 Å². The van der Waals surface area contributed by atoms with E-state index < -0.39 is 0 Å². The maximum Gasteiger partial charge on any atom is 0.119 e. The minimum atomic E-state index is 0.885. The summed E-state index contributed by atoms with van der Waals surface area (Å²) in [7, 11) is 1.66. The molecule has 1 aromatic carbocycles.